The van der Waals surface area contributed by atoms with E-state index in [2.05, 4.69) is 0 Å². The lowest BCUT2D eigenvalue weighted by molar-refractivity contribution is -0.237. The van der Waals surface area contributed by atoms with Gasteiger partial charge in [0.1, 0.15) is 0 Å². The Morgan fingerprint density at radius 3 is 2.24 bits per heavy atom. The fraction of sp³-hybridized carbons (Fsp3) is 0.571. The van der Waals surface area contributed by atoms with Crippen LogP contribution in [0, 0.1) is 0 Å². The molecule has 0 aromatic heterocycles. The predicted molar refractivity (Wildman–Crippen MR) is 67.9 cm³/mol. The SMILES string of the molecule is CCOCCOC(C)(OCC)c1ccccc1. The molecule has 0 bridgehead atoms. The molecule has 0 N–H and O–H groups in total. The summed E-state index contributed by atoms with van der Waals surface area (Å²) in [6, 6.07) is 9.97. The number of rotatable bonds is 8. The number of ether oxygens (including phenoxy) is 3. The first-order chi connectivity index (χ1) is 8.23. The van der Waals surface area contributed by atoms with Crippen molar-refractivity contribution in [1.29, 1.82) is 0 Å². The van der Waals surface area contributed by atoms with Gasteiger partial charge in [0.2, 0.25) is 0 Å². The van der Waals surface area contributed by atoms with Crippen molar-refractivity contribution in [3.63, 3.8) is 0 Å². The van der Waals surface area contributed by atoms with E-state index in [4.69, 9.17) is 14.2 Å². The summed E-state index contributed by atoms with van der Waals surface area (Å²) < 4.78 is 16.8. The molecule has 0 saturated carbocycles. The smallest absolute Gasteiger partial charge is 0.191 e. The van der Waals surface area contributed by atoms with Crippen molar-refractivity contribution >= 4 is 0 Å². The van der Waals surface area contributed by atoms with Gasteiger partial charge in [-0.1, -0.05) is 30.3 Å². The molecule has 0 saturated heterocycles. The number of hydrogen-bond donors (Lipinski definition) is 0. The Bertz CT molecular complexity index is 300. The Morgan fingerprint density at radius 2 is 1.65 bits per heavy atom. The maximum atomic E-state index is 5.81. The first kappa shape index (κ1) is 14.2. The molecule has 17 heavy (non-hydrogen) atoms. The van der Waals surface area contributed by atoms with Gasteiger partial charge in [-0.2, -0.15) is 0 Å². The van der Waals surface area contributed by atoms with E-state index in [1.54, 1.807) is 0 Å². The summed E-state index contributed by atoms with van der Waals surface area (Å²) in [5.74, 6) is -0.687. The molecule has 1 unspecified atom stereocenters. The van der Waals surface area contributed by atoms with Crippen molar-refractivity contribution in [3.05, 3.63) is 35.9 Å². The van der Waals surface area contributed by atoms with Crippen LogP contribution < -0.4 is 0 Å². The highest BCUT2D eigenvalue weighted by atomic mass is 16.7. The van der Waals surface area contributed by atoms with Gasteiger partial charge >= 0.3 is 0 Å². The zero-order valence-electron chi connectivity index (χ0n) is 10.9. The molecule has 3 nitrogen and oxygen atoms in total. The molecule has 0 fully saturated rings. The van der Waals surface area contributed by atoms with Gasteiger partial charge in [0.15, 0.2) is 5.79 Å². The minimum absolute atomic E-state index is 0.527. The van der Waals surface area contributed by atoms with Crippen LogP contribution in [-0.2, 0) is 20.0 Å². The fourth-order valence-electron chi connectivity index (χ4n) is 1.66. The van der Waals surface area contributed by atoms with Crippen LogP contribution >= 0.6 is 0 Å². The lowest BCUT2D eigenvalue weighted by atomic mass is 10.1. The lowest BCUT2D eigenvalue weighted by Crippen LogP contribution is -2.31. The molecule has 0 radical (unpaired) electrons. The Balaban J connectivity index is 2.62. The van der Waals surface area contributed by atoms with Crippen LogP contribution in [0.25, 0.3) is 0 Å². The van der Waals surface area contributed by atoms with Crippen LogP contribution in [0.3, 0.4) is 0 Å². The molecule has 0 heterocycles. The summed E-state index contributed by atoms with van der Waals surface area (Å²) in [7, 11) is 0. The Labute approximate surface area is 104 Å². The predicted octanol–water partition coefficient (Wildman–Crippen LogP) is 2.95. The average Bonchev–Trinajstić information content (AvgIpc) is 2.36. The van der Waals surface area contributed by atoms with E-state index in [1.165, 1.54) is 0 Å². The van der Waals surface area contributed by atoms with Crippen molar-refractivity contribution in [2.75, 3.05) is 26.4 Å². The molecular weight excluding hydrogens is 216 g/mol. The first-order valence-corrected chi connectivity index (χ1v) is 6.14. The van der Waals surface area contributed by atoms with Crippen LogP contribution in [0.2, 0.25) is 0 Å². The molecule has 96 valence electrons. The number of benzene rings is 1. The second kappa shape index (κ2) is 7.43. The van der Waals surface area contributed by atoms with Crippen LogP contribution in [-0.4, -0.2) is 26.4 Å². The van der Waals surface area contributed by atoms with E-state index in [0.29, 0.717) is 26.4 Å². The largest absolute Gasteiger partial charge is 0.379 e. The van der Waals surface area contributed by atoms with Crippen molar-refractivity contribution < 1.29 is 14.2 Å². The third-order valence-electron chi connectivity index (χ3n) is 2.53. The molecule has 1 aromatic carbocycles. The summed E-state index contributed by atoms with van der Waals surface area (Å²) in [5, 5.41) is 0. The second-order valence-corrected chi connectivity index (χ2v) is 3.79. The molecule has 0 aliphatic carbocycles. The van der Waals surface area contributed by atoms with Gasteiger partial charge < -0.3 is 14.2 Å². The minimum Gasteiger partial charge on any atom is -0.379 e. The standard InChI is InChI=1S/C14H22O3/c1-4-15-11-12-17-14(3,16-5-2)13-9-7-6-8-10-13/h6-10H,4-5,11-12H2,1-3H3. The summed E-state index contributed by atoms with van der Waals surface area (Å²) in [5.41, 5.74) is 1.03. The van der Waals surface area contributed by atoms with Gasteiger partial charge in [0.25, 0.3) is 0 Å². The van der Waals surface area contributed by atoms with Crippen LogP contribution in [0.5, 0.6) is 0 Å². The van der Waals surface area contributed by atoms with E-state index in [9.17, 15) is 0 Å². The topological polar surface area (TPSA) is 27.7 Å². The third kappa shape index (κ3) is 4.46. The Morgan fingerprint density at radius 1 is 0.941 bits per heavy atom. The van der Waals surface area contributed by atoms with Crippen molar-refractivity contribution in [1.82, 2.24) is 0 Å². The van der Waals surface area contributed by atoms with Crippen molar-refractivity contribution in [2.45, 2.75) is 26.6 Å². The van der Waals surface area contributed by atoms with Crippen molar-refractivity contribution in [2.24, 2.45) is 0 Å². The van der Waals surface area contributed by atoms with Crippen LogP contribution in [0.1, 0.15) is 26.3 Å². The zero-order valence-corrected chi connectivity index (χ0v) is 10.9. The first-order valence-electron chi connectivity index (χ1n) is 6.14. The molecule has 0 spiro atoms. The van der Waals surface area contributed by atoms with E-state index in [1.807, 2.05) is 51.1 Å². The van der Waals surface area contributed by atoms with E-state index in [0.717, 1.165) is 5.56 Å². The van der Waals surface area contributed by atoms with Crippen LogP contribution in [0.4, 0.5) is 0 Å². The molecule has 1 rings (SSSR count). The van der Waals surface area contributed by atoms with Gasteiger partial charge in [0.05, 0.1) is 13.2 Å². The second-order valence-electron chi connectivity index (χ2n) is 3.79. The van der Waals surface area contributed by atoms with E-state index in [-0.39, 0.29) is 0 Å². The highest BCUT2D eigenvalue weighted by Gasteiger charge is 2.27. The van der Waals surface area contributed by atoms with Gasteiger partial charge in [-0.25, -0.2) is 0 Å². The molecule has 0 aliphatic rings. The quantitative estimate of drug-likeness (QED) is 0.515. The van der Waals surface area contributed by atoms with Gasteiger partial charge in [-0.15, -0.1) is 0 Å². The molecule has 1 aromatic rings. The van der Waals surface area contributed by atoms with Crippen molar-refractivity contribution in [3.8, 4) is 0 Å². The molecule has 3 heteroatoms. The monoisotopic (exact) mass is 238 g/mol. The Kier molecular flexibility index (Phi) is 6.19. The zero-order chi connectivity index (χ0) is 12.6. The highest BCUT2D eigenvalue weighted by Crippen LogP contribution is 2.26. The van der Waals surface area contributed by atoms with Gasteiger partial charge in [-0.05, 0) is 20.8 Å². The van der Waals surface area contributed by atoms with E-state index < -0.39 is 5.79 Å². The molecule has 0 aliphatic heterocycles. The molecular formula is C14H22O3. The minimum atomic E-state index is -0.687. The van der Waals surface area contributed by atoms with Gasteiger partial charge in [-0.3, -0.25) is 0 Å². The summed E-state index contributed by atoms with van der Waals surface area (Å²) in [6.45, 7) is 8.31. The van der Waals surface area contributed by atoms with E-state index >= 15 is 0 Å². The lowest BCUT2D eigenvalue weighted by Gasteiger charge is -2.30. The molecule has 1 atom stereocenters. The van der Waals surface area contributed by atoms with Crippen LogP contribution in [0.15, 0.2) is 30.3 Å². The third-order valence-corrected chi connectivity index (χ3v) is 2.53. The molecule has 0 amide bonds. The van der Waals surface area contributed by atoms with Gasteiger partial charge in [0, 0.05) is 18.8 Å². The summed E-state index contributed by atoms with van der Waals surface area (Å²) >= 11 is 0. The normalized spacial score (nSPS) is 14.5. The fourth-order valence-corrected chi connectivity index (χ4v) is 1.66. The maximum absolute atomic E-state index is 5.81. The summed E-state index contributed by atoms with van der Waals surface area (Å²) in [4.78, 5) is 0. The summed E-state index contributed by atoms with van der Waals surface area (Å²) in [6.07, 6.45) is 0. The Hall–Kier alpha value is -0.900. The highest BCUT2D eigenvalue weighted by molar-refractivity contribution is 5.19. The number of hydrogen-bond acceptors (Lipinski definition) is 3. The average molecular weight is 238 g/mol. The maximum Gasteiger partial charge on any atom is 0.191 e.